The molecule has 0 radical (unpaired) electrons. The number of nitrogens with one attached hydrogen (secondary N) is 2. The molecule has 0 aromatic heterocycles. The third-order valence-electron chi connectivity index (χ3n) is 6.56. The van der Waals surface area contributed by atoms with Crippen LogP contribution in [0.2, 0.25) is 5.02 Å². The Labute approximate surface area is 250 Å². The largest absolute Gasteiger partial charge is 0.444 e. The van der Waals surface area contributed by atoms with Crippen LogP contribution in [0.25, 0.3) is 0 Å². The van der Waals surface area contributed by atoms with E-state index in [-0.39, 0.29) is 0 Å². The van der Waals surface area contributed by atoms with Crippen LogP contribution in [0.3, 0.4) is 0 Å². The summed E-state index contributed by atoms with van der Waals surface area (Å²) in [6, 6.07) is 10.4. The number of aryl methyl sites for hydroxylation is 1. The van der Waals surface area contributed by atoms with Crippen molar-refractivity contribution in [3.63, 3.8) is 0 Å². The van der Waals surface area contributed by atoms with Gasteiger partial charge in [0, 0.05) is 12.1 Å². The molecule has 0 aliphatic carbocycles. The Bertz CT molecular complexity index is 1190. The number of unbranched alkanes of at least 4 members (excludes halogenated alkanes) is 5. The van der Waals surface area contributed by atoms with Gasteiger partial charge in [0.2, 0.25) is 5.91 Å². The zero-order valence-electron chi connectivity index (χ0n) is 25.2. The van der Waals surface area contributed by atoms with Gasteiger partial charge in [-0.2, -0.15) is 0 Å². The van der Waals surface area contributed by atoms with Crippen LogP contribution in [0, 0.1) is 19.3 Å². The number of para-hydroxylation sites is 1. The highest BCUT2D eigenvalue weighted by Gasteiger charge is 2.35. The molecule has 0 spiro atoms. The van der Waals surface area contributed by atoms with Crippen molar-refractivity contribution in [2.24, 2.45) is 0 Å². The van der Waals surface area contributed by atoms with E-state index in [1.807, 2.05) is 19.1 Å². The van der Waals surface area contributed by atoms with Crippen LogP contribution >= 0.6 is 11.6 Å². The van der Waals surface area contributed by atoms with Crippen LogP contribution in [0.15, 0.2) is 42.5 Å². The number of anilines is 1. The predicted octanol–water partition coefficient (Wildman–Crippen LogP) is 7.41. The van der Waals surface area contributed by atoms with E-state index in [0.29, 0.717) is 34.8 Å². The number of hydrogen-bond acceptors (Lipinski definition) is 4. The molecule has 2 unspecified atom stereocenters. The molecule has 0 heterocycles. The van der Waals surface area contributed by atoms with E-state index in [4.69, 9.17) is 22.8 Å². The zero-order valence-corrected chi connectivity index (χ0v) is 25.9. The molecule has 2 rings (SSSR count). The van der Waals surface area contributed by atoms with Crippen LogP contribution in [-0.2, 0) is 14.3 Å². The SMILES string of the molecule is C#Cc1ccc(C(C(=O)Nc2c(C)cccc2Cl)N(CCCCCCCC)C(=O)C(C)NC(=O)OC(C)(C)C)cc1. The van der Waals surface area contributed by atoms with E-state index in [0.717, 1.165) is 37.7 Å². The van der Waals surface area contributed by atoms with E-state index in [1.165, 1.54) is 4.90 Å². The molecule has 2 aromatic carbocycles. The number of hydrogen-bond donors (Lipinski definition) is 2. The average Bonchev–Trinajstić information content (AvgIpc) is 2.90. The number of alkyl carbamates (subject to hydrolysis) is 1. The first-order valence-electron chi connectivity index (χ1n) is 14.3. The first-order valence-corrected chi connectivity index (χ1v) is 14.7. The molecule has 0 bridgehead atoms. The lowest BCUT2D eigenvalue weighted by molar-refractivity contribution is -0.140. The van der Waals surface area contributed by atoms with E-state index < -0.39 is 35.6 Å². The van der Waals surface area contributed by atoms with E-state index >= 15 is 0 Å². The van der Waals surface area contributed by atoms with Crippen molar-refractivity contribution in [1.29, 1.82) is 0 Å². The van der Waals surface area contributed by atoms with Crippen molar-refractivity contribution in [2.75, 3.05) is 11.9 Å². The Balaban J connectivity index is 2.46. The maximum Gasteiger partial charge on any atom is 0.408 e. The van der Waals surface area contributed by atoms with Gasteiger partial charge in [0.1, 0.15) is 17.7 Å². The highest BCUT2D eigenvalue weighted by molar-refractivity contribution is 6.34. The number of amides is 3. The fourth-order valence-electron chi connectivity index (χ4n) is 4.44. The Morgan fingerprint density at radius 1 is 1.02 bits per heavy atom. The lowest BCUT2D eigenvalue weighted by Gasteiger charge is -2.34. The molecule has 3 amide bonds. The van der Waals surface area contributed by atoms with Gasteiger partial charge in [-0.1, -0.05) is 80.8 Å². The van der Waals surface area contributed by atoms with Crippen molar-refractivity contribution >= 4 is 35.2 Å². The van der Waals surface area contributed by atoms with Crippen molar-refractivity contribution < 1.29 is 19.1 Å². The minimum absolute atomic E-state index is 0.321. The van der Waals surface area contributed by atoms with Crippen LogP contribution in [-0.4, -0.2) is 41.0 Å². The van der Waals surface area contributed by atoms with Crippen molar-refractivity contribution in [2.45, 2.75) is 97.8 Å². The number of benzene rings is 2. The molecule has 0 saturated heterocycles. The molecule has 0 saturated carbocycles. The van der Waals surface area contributed by atoms with Crippen molar-refractivity contribution in [1.82, 2.24) is 10.2 Å². The Kier molecular flexibility index (Phi) is 13.2. The number of nitrogens with zero attached hydrogens (tertiary/aromatic N) is 1. The van der Waals surface area contributed by atoms with E-state index in [9.17, 15) is 14.4 Å². The van der Waals surface area contributed by atoms with Gasteiger partial charge in [0.05, 0.1) is 10.7 Å². The predicted molar refractivity (Wildman–Crippen MR) is 166 cm³/mol. The van der Waals surface area contributed by atoms with Crippen molar-refractivity contribution in [3.8, 4) is 12.3 Å². The van der Waals surface area contributed by atoms with Crippen LogP contribution in [0.1, 0.15) is 95.9 Å². The quantitative estimate of drug-likeness (QED) is 0.190. The van der Waals surface area contributed by atoms with Gasteiger partial charge < -0.3 is 20.3 Å². The fourth-order valence-corrected chi connectivity index (χ4v) is 4.71. The molecule has 0 fully saturated rings. The van der Waals surface area contributed by atoms with Gasteiger partial charge in [-0.3, -0.25) is 9.59 Å². The minimum Gasteiger partial charge on any atom is -0.444 e. The number of ether oxygens (including phenoxy) is 1. The molecule has 2 aromatic rings. The van der Waals surface area contributed by atoms with Gasteiger partial charge in [-0.05, 0) is 70.4 Å². The normalized spacial score (nSPS) is 12.5. The first kappa shape index (κ1) is 33.7. The molecule has 0 aliphatic rings. The molecular formula is C33H44ClN3O4. The number of terminal acetylenes is 1. The molecule has 0 aliphatic heterocycles. The summed E-state index contributed by atoms with van der Waals surface area (Å²) in [5, 5.41) is 5.98. The number of carbonyl (C=O) groups is 3. The summed E-state index contributed by atoms with van der Waals surface area (Å²) < 4.78 is 5.36. The molecule has 8 heteroatoms. The third kappa shape index (κ3) is 10.8. The highest BCUT2D eigenvalue weighted by atomic mass is 35.5. The number of carbonyl (C=O) groups excluding carboxylic acids is 3. The lowest BCUT2D eigenvalue weighted by Crippen LogP contribution is -2.51. The fraction of sp³-hybridized carbons (Fsp3) is 0.485. The second kappa shape index (κ2) is 16.1. The summed E-state index contributed by atoms with van der Waals surface area (Å²) in [4.78, 5) is 42.0. The van der Waals surface area contributed by atoms with E-state index in [2.05, 4.69) is 23.5 Å². The van der Waals surface area contributed by atoms with Crippen LogP contribution in [0.5, 0.6) is 0 Å². The smallest absolute Gasteiger partial charge is 0.408 e. The molecule has 41 heavy (non-hydrogen) atoms. The summed E-state index contributed by atoms with van der Waals surface area (Å²) in [5.41, 5.74) is 1.80. The van der Waals surface area contributed by atoms with Gasteiger partial charge in [0.15, 0.2) is 0 Å². The number of halogens is 1. The third-order valence-corrected chi connectivity index (χ3v) is 6.88. The van der Waals surface area contributed by atoms with E-state index in [1.54, 1.807) is 58.0 Å². The Morgan fingerprint density at radius 2 is 1.66 bits per heavy atom. The summed E-state index contributed by atoms with van der Waals surface area (Å²) in [6.45, 7) is 11.2. The maximum atomic E-state index is 14.0. The monoisotopic (exact) mass is 581 g/mol. The van der Waals surface area contributed by atoms with Gasteiger partial charge in [-0.15, -0.1) is 6.42 Å². The standard InChI is InChI=1S/C33H44ClN3O4/c1-8-10-11-12-13-14-22-37(31(39)24(4)35-32(40)41-33(5,6)7)29(26-20-18-25(9-2)19-21-26)30(38)36-28-23(3)16-15-17-27(28)34/h2,15-21,24,29H,8,10-14,22H2,1,3-7H3,(H,35,40)(H,36,38). The first-order chi connectivity index (χ1) is 19.4. The summed E-state index contributed by atoms with van der Waals surface area (Å²) in [7, 11) is 0. The number of rotatable bonds is 13. The summed E-state index contributed by atoms with van der Waals surface area (Å²) in [6.07, 6.45) is 10.9. The van der Waals surface area contributed by atoms with Gasteiger partial charge >= 0.3 is 6.09 Å². The molecular weight excluding hydrogens is 538 g/mol. The Morgan fingerprint density at radius 3 is 2.24 bits per heavy atom. The van der Waals surface area contributed by atoms with Crippen molar-refractivity contribution in [3.05, 3.63) is 64.2 Å². The molecule has 2 atom stereocenters. The summed E-state index contributed by atoms with van der Waals surface area (Å²) >= 11 is 6.43. The molecule has 222 valence electrons. The second-order valence-corrected chi connectivity index (χ2v) is 11.7. The topological polar surface area (TPSA) is 87.7 Å². The minimum atomic E-state index is -0.997. The molecule has 7 nitrogen and oxygen atoms in total. The second-order valence-electron chi connectivity index (χ2n) is 11.3. The lowest BCUT2D eigenvalue weighted by atomic mass is 10.00. The zero-order chi connectivity index (χ0) is 30.6. The van der Waals surface area contributed by atoms with Gasteiger partial charge in [-0.25, -0.2) is 4.79 Å². The average molecular weight is 582 g/mol. The Hall–Kier alpha value is -3.50. The van der Waals surface area contributed by atoms with Crippen LogP contribution in [0.4, 0.5) is 10.5 Å². The highest BCUT2D eigenvalue weighted by Crippen LogP contribution is 2.30. The van der Waals surface area contributed by atoms with Crippen LogP contribution < -0.4 is 10.6 Å². The maximum absolute atomic E-state index is 14.0. The molecule has 2 N–H and O–H groups in total. The summed E-state index contributed by atoms with van der Waals surface area (Å²) in [5.74, 6) is 1.77. The van der Waals surface area contributed by atoms with Gasteiger partial charge in [0.25, 0.3) is 5.91 Å².